The lowest BCUT2D eigenvalue weighted by molar-refractivity contribution is 1.01. The lowest BCUT2D eigenvalue weighted by Gasteiger charge is -2.01. The smallest absolute Gasteiger partial charge is 0.187 e. The van der Waals surface area contributed by atoms with Crippen LogP contribution in [0.5, 0.6) is 0 Å². The van der Waals surface area contributed by atoms with Crippen LogP contribution in [0.15, 0.2) is 11.0 Å². The zero-order valence-electron chi connectivity index (χ0n) is 7.19. The zero-order chi connectivity index (χ0) is 8.43. The minimum atomic E-state index is 0.184. The first-order chi connectivity index (χ1) is 5.16. The first-order valence-corrected chi connectivity index (χ1v) is 3.84. The Bertz CT molecular complexity index is 312. The van der Waals surface area contributed by atoms with Crippen LogP contribution in [0.4, 0.5) is 0 Å². The van der Waals surface area contributed by atoms with Crippen molar-refractivity contribution in [1.82, 2.24) is 4.98 Å². The van der Waals surface area contributed by atoms with Gasteiger partial charge in [0.2, 0.25) is 0 Å². The van der Waals surface area contributed by atoms with Gasteiger partial charge >= 0.3 is 0 Å². The summed E-state index contributed by atoms with van der Waals surface area (Å²) in [5, 5.41) is 0. The SMILES string of the molecule is CCc1c(C)[nH]cc(C)c1=O. The Kier molecular flexibility index (Phi) is 2.13. The van der Waals surface area contributed by atoms with Crippen molar-refractivity contribution in [2.24, 2.45) is 0 Å². The number of pyridine rings is 1. The number of aryl methyl sites for hydroxylation is 2. The van der Waals surface area contributed by atoms with Gasteiger partial charge in [0.25, 0.3) is 0 Å². The highest BCUT2D eigenvalue weighted by Gasteiger charge is 2.02. The fraction of sp³-hybridized carbons (Fsp3) is 0.444. The summed E-state index contributed by atoms with van der Waals surface area (Å²) in [5.41, 5.74) is 2.88. The Labute approximate surface area is 66.3 Å². The average Bonchev–Trinajstić information content (AvgIpc) is 1.99. The standard InChI is InChI=1S/C9H13NO/c1-4-8-7(3)10-5-6(2)9(8)11/h5H,4H2,1-3H3,(H,10,11). The molecule has 1 heterocycles. The lowest BCUT2D eigenvalue weighted by atomic mass is 10.1. The van der Waals surface area contributed by atoms with Crippen LogP contribution in [0, 0.1) is 13.8 Å². The molecule has 0 aliphatic heterocycles. The van der Waals surface area contributed by atoms with Crippen molar-refractivity contribution < 1.29 is 0 Å². The summed E-state index contributed by atoms with van der Waals surface area (Å²) in [4.78, 5) is 14.5. The molecule has 11 heavy (non-hydrogen) atoms. The molecule has 2 nitrogen and oxygen atoms in total. The molecule has 0 amide bonds. The molecule has 0 aromatic carbocycles. The monoisotopic (exact) mass is 151 g/mol. The number of hydrogen-bond acceptors (Lipinski definition) is 1. The lowest BCUT2D eigenvalue weighted by Crippen LogP contribution is -2.13. The normalized spacial score (nSPS) is 10.1. The Balaban J connectivity index is 3.41. The van der Waals surface area contributed by atoms with Gasteiger partial charge in [0.1, 0.15) is 0 Å². The molecule has 0 radical (unpaired) electrons. The molecule has 0 spiro atoms. The third-order valence-corrected chi connectivity index (χ3v) is 1.94. The second-order valence-corrected chi connectivity index (χ2v) is 2.76. The predicted octanol–water partition coefficient (Wildman–Crippen LogP) is 1.55. The Morgan fingerprint density at radius 3 is 2.55 bits per heavy atom. The fourth-order valence-electron chi connectivity index (χ4n) is 1.20. The van der Waals surface area contributed by atoms with Gasteiger partial charge in [-0.3, -0.25) is 4.79 Å². The molecule has 0 aliphatic carbocycles. The maximum Gasteiger partial charge on any atom is 0.187 e. The minimum Gasteiger partial charge on any atom is -0.364 e. The Hall–Kier alpha value is -1.05. The van der Waals surface area contributed by atoms with Gasteiger partial charge in [0.15, 0.2) is 5.43 Å². The first kappa shape index (κ1) is 8.05. The summed E-state index contributed by atoms with van der Waals surface area (Å²) in [5.74, 6) is 0. The van der Waals surface area contributed by atoms with E-state index >= 15 is 0 Å². The van der Waals surface area contributed by atoms with Crippen molar-refractivity contribution in [3.8, 4) is 0 Å². The highest BCUT2D eigenvalue weighted by molar-refractivity contribution is 5.23. The van der Waals surface area contributed by atoms with Gasteiger partial charge in [0.05, 0.1) is 0 Å². The van der Waals surface area contributed by atoms with Crippen LogP contribution in [-0.4, -0.2) is 4.98 Å². The molecule has 0 saturated carbocycles. The van der Waals surface area contributed by atoms with Crippen molar-refractivity contribution in [2.45, 2.75) is 27.2 Å². The van der Waals surface area contributed by atoms with E-state index in [1.165, 1.54) is 0 Å². The van der Waals surface area contributed by atoms with Crippen molar-refractivity contribution in [1.29, 1.82) is 0 Å². The highest BCUT2D eigenvalue weighted by Crippen LogP contribution is 2.00. The number of nitrogens with one attached hydrogen (secondary N) is 1. The van der Waals surface area contributed by atoms with Gasteiger partial charge in [-0.2, -0.15) is 0 Å². The third-order valence-electron chi connectivity index (χ3n) is 1.94. The van der Waals surface area contributed by atoms with Crippen molar-refractivity contribution >= 4 is 0 Å². The molecular formula is C9H13NO. The molecular weight excluding hydrogens is 138 g/mol. The molecule has 0 fully saturated rings. The molecule has 0 bridgehead atoms. The molecule has 2 heteroatoms. The number of hydrogen-bond donors (Lipinski definition) is 1. The molecule has 60 valence electrons. The van der Waals surface area contributed by atoms with Crippen LogP contribution in [0.25, 0.3) is 0 Å². The number of H-pyrrole nitrogens is 1. The second kappa shape index (κ2) is 2.91. The van der Waals surface area contributed by atoms with Crippen LogP contribution in [0.1, 0.15) is 23.7 Å². The van der Waals surface area contributed by atoms with Crippen molar-refractivity contribution in [3.63, 3.8) is 0 Å². The summed E-state index contributed by atoms with van der Waals surface area (Å²) in [6.45, 7) is 5.76. The van der Waals surface area contributed by atoms with E-state index in [1.54, 1.807) is 6.20 Å². The largest absolute Gasteiger partial charge is 0.364 e. The predicted molar refractivity (Wildman–Crippen MR) is 45.9 cm³/mol. The van der Waals surface area contributed by atoms with Gasteiger partial charge < -0.3 is 4.98 Å². The van der Waals surface area contributed by atoms with E-state index in [-0.39, 0.29) is 5.43 Å². The quantitative estimate of drug-likeness (QED) is 0.649. The summed E-state index contributed by atoms with van der Waals surface area (Å²) in [6, 6.07) is 0. The number of rotatable bonds is 1. The molecule has 1 rings (SSSR count). The molecule has 0 unspecified atom stereocenters. The van der Waals surface area contributed by atoms with Gasteiger partial charge in [-0.1, -0.05) is 6.92 Å². The molecule has 1 N–H and O–H groups in total. The summed E-state index contributed by atoms with van der Waals surface area (Å²) in [6.07, 6.45) is 2.57. The number of aromatic amines is 1. The van der Waals surface area contributed by atoms with E-state index in [1.807, 2.05) is 20.8 Å². The summed E-state index contributed by atoms with van der Waals surface area (Å²) < 4.78 is 0. The van der Waals surface area contributed by atoms with Crippen LogP contribution in [0.2, 0.25) is 0 Å². The van der Waals surface area contributed by atoms with E-state index in [4.69, 9.17) is 0 Å². The maximum atomic E-state index is 11.4. The van der Waals surface area contributed by atoms with Crippen LogP contribution < -0.4 is 5.43 Å². The van der Waals surface area contributed by atoms with E-state index < -0.39 is 0 Å². The number of aromatic nitrogens is 1. The van der Waals surface area contributed by atoms with E-state index in [2.05, 4.69) is 4.98 Å². The van der Waals surface area contributed by atoms with Gasteiger partial charge in [-0.05, 0) is 20.3 Å². The van der Waals surface area contributed by atoms with Crippen molar-refractivity contribution in [3.05, 3.63) is 33.2 Å². The van der Waals surface area contributed by atoms with Gasteiger partial charge in [0, 0.05) is 23.0 Å². The molecule has 1 aromatic rings. The maximum absolute atomic E-state index is 11.4. The fourth-order valence-corrected chi connectivity index (χ4v) is 1.20. The molecule has 1 aromatic heterocycles. The Morgan fingerprint density at radius 1 is 1.45 bits per heavy atom. The van der Waals surface area contributed by atoms with Crippen LogP contribution in [0.3, 0.4) is 0 Å². The van der Waals surface area contributed by atoms with Gasteiger partial charge in [-0.15, -0.1) is 0 Å². The van der Waals surface area contributed by atoms with E-state index in [0.717, 1.165) is 23.2 Å². The molecule has 0 saturated heterocycles. The van der Waals surface area contributed by atoms with Gasteiger partial charge in [-0.25, -0.2) is 0 Å². The first-order valence-electron chi connectivity index (χ1n) is 3.84. The minimum absolute atomic E-state index is 0.184. The van der Waals surface area contributed by atoms with Crippen LogP contribution in [-0.2, 0) is 6.42 Å². The second-order valence-electron chi connectivity index (χ2n) is 2.76. The third kappa shape index (κ3) is 1.34. The zero-order valence-corrected chi connectivity index (χ0v) is 7.19. The Morgan fingerprint density at radius 2 is 2.09 bits per heavy atom. The van der Waals surface area contributed by atoms with E-state index in [0.29, 0.717) is 0 Å². The average molecular weight is 151 g/mol. The highest BCUT2D eigenvalue weighted by atomic mass is 16.1. The van der Waals surface area contributed by atoms with Crippen molar-refractivity contribution in [2.75, 3.05) is 0 Å². The molecule has 0 aliphatic rings. The topological polar surface area (TPSA) is 32.9 Å². The van der Waals surface area contributed by atoms with E-state index in [9.17, 15) is 4.79 Å². The summed E-state index contributed by atoms with van der Waals surface area (Å²) >= 11 is 0. The molecule has 0 atom stereocenters. The summed E-state index contributed by atoms with van der Waals surface area (Å²) in [7, 11) is 0. The van der Waals surface area contributed by atoms with Crippen LogP contribution >= 0.6 is 0 Å².